The Kier molecular flexibility index (Phi) is 4.12. The number of aliphatic hydroxyl groups is 1. The molecule has 4 heteroatoms. The first kappa shape index (κ1) is 13.5. The van der Waals surface area contributed by atoms with E-state index in [1.54, 1.807) is 13.0 Å². The van der Waals surface area contributed by atoms with Crippen LogP contribution in [0.3, 0.4) is 0 Å². The fourth-order valence-electron chi connectivity index (χ4n) is 1.79. The molecule has 0 aliphatic heterocycles. The van der Waals surface area contributed by atoms with E-state index >= 15 is 0 Å². The Morgan fingerprint density at radius 2 is 1.68 bits per heavy atom. The van der Waals surface area contributed by atoms with Crippen molar-refractivity contribution < 1.29 is 18.6 Å². The zero-order valence-electron chi connectivity index (χ0n) is 10.5. The first-order valence-electron chi connectivity index (χ1n) is 5.87. The molecule has 1 N–H and O–H groups in total. The van der Waals surface area contributed by atoms with Gasteiger partial charge in [-0.2, -0.15) is 0 Å². The third-order valence-electron chi connectivity index (χ3n) is 2.88. The van der Waals surface area contributed by atoms with Crippen molar-refractivity contribution in [2.75, 3.05) is 0 Å². The van der Waals surface area contributed by atoms with E-state index in [1.165, 1.54) is 30.3 Å². The van der Waals surface area contributed by atoms with Crippen molar-refractivity contribution in [3.05, 3.63) is 64.7 Å². The van der Waals surface area contributed by atoms with Crippen molar-refractivity contribution in [3.8, 4) is 5.75 Å². The largest absolute Gasteiger partial charge is 0.489 e. The van der Waals surface area contributed by atoms with Crippen LogP contribution in [0, 0.1) is 18.6 Å². The van der Waals surface area contributed by atoms with Gasteiger partial charge in [0.2, 0.25) is 0 Å². The molecule has 2 nitrogen and oxygen atoms in total. The number of aryl methyl sites for hydroxylation is 1. The molecule has 0 atom stereocenters. The van der Waals surface area contributed by atoms with Crippen molar-refractivity contribution >= 4 is 0 Å². The van der Waals surface area contributed by atoms with Gasteiger partial charge in [-0.15, -0.1) is 0 Å². The summed E-state index contributed by atoms with van der Waals surface area (Å²) in [5, 5.41) is 9.13. The maximum Gasteiger partial charge on any atom is 0.125 e. The predicted octanol–water partition coefficient (Wildman–Crippen LogP) is 3.34. The number of benzene rings is 2. The van der Waals surface area contributed by atoms with Crippen molar-refractivity contribution in [1.29, 1.82) is 0 Å². The molecular formula is C15H14F2O2. The van der Waals surface area contributed by atoms with Gasteiger partial charge in [0, 0.05) is 5.56 Å². The Bertz CT molecular complexity index is 582. The average molecular weight is 264 g/mol. The fourth-order valence-corrected chi connectivity index (χ4v) is 1.79. The quantitative estimate of drug-likeness (QED) is 0.917. The number of ether oxygens (including phenoxy) is 1. The summed E-state index contributed by atoms with van der Waals surface area (Å²) in [7, 11) is 0. The summed E-state index contributed by atoms with van der Waals surface area (Å²) in [5.41, 5.74) is 2.02. The van der Waals surface area contributed by atoms with Crippen LogP contribution in [-0.4, -0.2) is 5.11 Å². The molecule has 19 heavy (non-hydrogen) atoms. The maximum absolute atomic E-state index is 13.0. The standard InChI is InChI=1S/C15H14F2O2/c1-10-6-13(16)3-2-11(10)9-19-15-5-4-14(17)7-12(15)8-18/h2-7,18H,8-9H2,1H3. The third kappa shape index (κ3) is 3.29. The van der Waals surface area contributed by atoms with Crippen LogP contribution in [0.25, 0.3) is 0 Å². The van der Waals surface area contributed by atoms with Crippen LogP contribution in [0.1, 0.15) is 16.7 Å². The van der Waals surface area contributed by atoms with Crippen LogP contribution >= 0.6 is 0 Å². The van der Waals surface area contributed by atoms with Crippen molar-refractivity contribution in [2.45, 2.75) is 20.1 Å². The second-order valence-electron chi connectivity index (χ2n) is 4.27. The first-order chi connectivity index (χ1) is 9.10. The summed E-state index contributed by atoms with van der Waals surface area (Å²) in [4.78, 5) is 0. The van der Waals surface area contributed by atoms with Crippen molar-refractivity contribution in [3.63, 3.8) is 0 Å². The minimum Gasteiger partial charge on any atom is -0.489 e. The predicted molar refractivity (Wildman–Crippen MR) is 67.8 cm³/mol. The number of hydrogen-bond acceptors (Lipinski definition) is 2. The summed E-state index contributed by atoms with van der Waals surface area (Å²) in [6.07, 6.45) is 0. The molecule has 0 aromatic heterocycles. The van der Waals surface area contributed by atoms with E-state index in [2.05, 4.69) is 0 Å². The fraction of sp³-hybridized carbons (Fsp3) is 0.200. The van der Waals surface area contributed by atoms with Gasteiger partial charge in [0.15, 0.2) is 0 Å². The topological polar surface area (TPSA) is 29.5 Å². The Hall–Kier alpha value is -1.94. The zero-order valence-corrected chi connectivity index (χ0v) is 10.5. The molecule has 0 saturated carbocycles. The lowest BCUT2D eigenvalue weighted by Crippen LogP contribution is -2.01. The van der Waals surface area contributed by atoms with Crippen LogP contribution in [0.4, 0.5) is 8.78 Å². The van der Waals surface area contributed by atoms with Gasteiger partial charge in [0.05, 0.1) is 6.61 Å². The van der Waals surface area contributed by atoms with Gasteiger partial charge in [-0.3, -0.25) is 0 Å². The smallest absolute Gasteiger partial charge is 0.125 e. The van der Waals surface area contributed by atoms with Gasteiger partial charge in [0.25, 0.3) is 0 Å². The van der Waals surface area contributed by atoms with Gasteiger partial charge < -0.3 is 9.84 Å². The van der Waals surface area contributed by atoms with Gasteiger partial charge in [0.1, 0.15) is 24.0 Å². The summed E-state index contributed by atoms with van der Waals surface area (Å²) in [6.45, 7) is 1.74. The summed E-state index contributed by atoms with van der Waals surface area (Å²) >= 11 is 0. The average Bonchev–Trinajstić information content (AvgIpc) is 2.39. The number of halogens is 2. The summed E-state index contributed by atoms with van der Waals surface area (Å²) in [5.74, 6) is -0.291. The number of rotatable bonds is 4. The van der Waals surface area contributed by atoms with Crippen LogP contribution < -0.4 is 4.74 Å². The van der Waals surface area contributed by atoms with Crippen LogP contribution in [0.2, 0.25) is 0 Å². The molecule has 0 fully saturated rings. The highest BCUT2D eigenvalue weighted by atomic mass is 19.1. The molecular weight excluding hydrogens is 250 g/mol. The number of hydrogen-bond donors (Lipinski definition) is 1. The van der Waals surface area contributed by atoms with Gasteiger partial charge in [-0.1, -0.05) is 6.07 Å². The Morgan fingerprint density at radius 3 is 2.37 bits per heavy atom. The first-order valence-corrected chi connectivity index (χ1v) is 5.87. The minimum atomic E-state index is -0.422. The Labute approximate surface area is 110 Å². The minimum absolute atomic E-state index is 0.241. The lowest BCUT2D eigenvalue weighted by molar-refractivity contribution is 0.258. The molecule has 2 rings (SSSR count). The van der Waals surface area contributed by atoms with Gasteiger partial charge in [-0.05, 0) is 48.4 Å². The Balaban J connectivity index is 2.14. The molecule has 100 valence electrons. The van der Waals surface area contributed by atoms with E-state index in [1.807, 2.05) is 0 Å². The lowest BCUT2D eigenvalue weighted by atomic mass is 10.1. The molecule has 0 aliphatic carbocycles. The maximum atomic E-state index is 13.0. The zero-order chi connectivity index (χ0) is 13.8. The van der Waals surface area contributed by atoms with E-state index in [-0.39, 0.29) is 19.0 Å². The van der Waals surface area contributed by atoms with Crippen molar-refractivity contribution in [1.82, 2.24) is 0 Å². The number of aliphatic hydroxyl groups excluding tert-OH is 1. The van der Waals surface area contributed by atoms with Gasteiger partial charge in [-0.25, -0.2) is 8.78 Å². The highest BCUT2D eigenvalue weighted by molar-refractivity contribution is 5.34. The van der Waals surface area contributed by atoms with E-state index in [4.69, 9.17) is 9.84 Å². The van der Waals surface area contributed by atoms with Crippen LogP contribution in [0.5, 0.6) is 5.75 Å². The van der Waals surface area contributed by atoms with Crippen LogP contribution in [-0.2, 0) is 13.2 Å². The molecule has 0 amide bonds. The van der Waals surface area contributed by atoms with E-state index < -0.39 is 5.82 Å². The molecule has 0 unspecified atom stereocenters. The molecule has 2 aromatic carbocycles. The highest BCUT2D eigenvalue weighted by Crippen LogP contribution is 2.21. The molecule has 0 aliphatic rings. The van der Waals surface area contributed by atoms with Gasteiger partial charge >= 0.3 is 0 Å². The molecule has 0 spiro atoms. The van der Waals surface area contributed by atoms with Crippen molar-refractivity contribution in [2.24, 2.45) is 0 Å². The summed E-state index contributed by atoms with van der Waals surface area (Å²) < 4.78 is 31.5. The second-order valence-corrected chi connectivity index (χ2v) is 4.27. The molecule has 0 bridgehead atoms. The van der Waals surface area contributed by atoms with E-state index in [0.717, 1.165) is 11.1 Å². The van der Waals surface area contributed by atoms with E-state index in [0.29, 0.717) is 11.3 Å². The second kappa shape index (κ2) is 5.80. The monoisotopic (exact) mass is 264 g/mol. The molecule has 0 radical (unpaired) electrons. The third-order valence-corrected chi connectivity index (χ3v) is 2.88. The normalized spacial score (nSPS) is 10.5. The SMILES string of the molecule is Cc1cc(F)ccc1COc1ccc(F)cc1CO. The Morgan fingerprint density at radius 1 is 1.00 bits per heavy atom. The molecule has 0 heterocycles. The molecule has 2 aromatic rings. The van der Waals surface area contributed by atoms with Crippen LogP contribution in [0.15, 0.2) is 36.4 Å². The lowest BCUT2D eigenvalue weighted by Gasteiger charge is -2.11. The highest BCUT2D eigenvalue weighted by Gasteiger charge is 2.06. The summed E-state index contributed by atoms with van der Waals surface area (Å²) in [6, 6.07) is 8.41. The van der Waals surface area contributed by atoms with E-state index in [9.17, 15) is 8.78 Å². The molecule has 0 saturated heterocycles.